The molecule has 34 valence electrons. The molecule has 5 heavy (non-hydrogen) atoms. The van der Waals surface area contributed by atoms with Crippen LogP contribution in [0.1, 0.15) is 0 Å². The highest BCUT2D eigenvalue weighted by Crippen LogP contribution is 2.05. The van der Waals surface area contributed by atoms with Crippen LogP contribution in [-0.2, 0) is 0 Å². The summed E-state index contributed by atoms with van der Waals surface area (Å²) in [6, 6.07) is 0. The van der Waals surface area contributed by atoms with E-state index in [1.165, 1.54) is 0 Å². The van der Waals surface area contributed by atoms with Crippen LogP contribution in [0.15, 0.2) is 0 Å². The van der Waals surface area contributed by atoms with Crippen molar-refractivity contribution in [2.24, 2.45) is 5.50 Å². The molecule has 0 aromatic rings. The minimum absolute atomic E-state index is 0. The first-order valence-corrected chi connectivity index (χ1v) is 1.97. The van der Waals surface area contributed by atoms with Crippen LogP contribution >= 0.6 is 22.0 Å². The molecule has 4 N–H and O–H groups in total. The first-order valence-electron chi connectivity index (χ1n) is 0.658. The van der Waals surface area contributed by atoms with E-state index in [2.05, 4.69) is 5.50 Å². The molecule has 0 rings (SSSR count). The molecule has 0 saturated carbocycles. The summed E-state index contributed by atoms with van der Waals surface area (Å²) in [5.41, 5.74) is 4.29. The van der Waals surface area contributed by atoms with Crippen molar-refractivity contribution in [3.05, 3.63) is 0 Å². The first kappa shape index (κ1) is 9.18. The second kappa shape index (κ2) is 4.66. The molecule has 0 aromatic carbocycles. The summed E-state index contributed by atoms with van der Waals surface area (Å²) in [6.07, 6.45) is 0. The summed E-state index contributed by atoms with van der Waals surface area (Å²) >= 11 is 0. The quantitative estimate of drug-likeness (QED) is 0.364. The molecule has 0 fully saturated rings. The van der Waals surface area contributed by atoms with Crippen LogP contribution in [0.4, 0.5) is 0 Å². The van der Waals surface area contributed by atoms with Gasteiger partial charge in [-0.3, -0.25) is 5.50 Å². The first-order chi connectivity index (χ1) is 1.73. The molecule has 0 aliphatic rings. The lowest BCUT2D eigenvalue weighted by molar-refractivity contribution is 0.485. The van der Waals surface area contributed by atoms with E-state index in [-0.39, 0.29) is 13.5 Å². The summed E-state index contributed by atoms with van der Waals surface area (Å²) in [6.45, 7) is 0. The lowest BCUT2D eigenvalue weighted by Crippen LogP contribution is -1.78. The standard InChI is InChI=1S/H4NO2P.H2S/c1-4(2)3;/h2-3H,1H2;1H2. The zero-order valence-corrected chi connectivity index (χ0v) is 4.31. The van der Waals surface area contributed by atoms with E-state index in [9.17, 15) is 0 Å². The van der Waals surface area contributed by atoms with E-state index >= 15 is 0 Å². The van der Waals surface area contributed by atoms with E-state index in [0.717, 1.165) is 0 Å². The molecule has 0 aliphatic heterocycles. The summed E-state index contributed by atoms with van der Waals surface area (Å²) in [4.78, 5) is 14.9. The van der Waals surface area contributed by atoms with Crippen LogP contribution in [0, 0.1) is 0 Å². The summed E-state index contributed by atoms with van der Waals surface area (Å²) in [5, 5.41) is 0. The Morgan fingerprint density at radius 3 is 1.40 bits per heavy atom. The monoisotopic (exact) mass is 115 g/mol. The van der Waals surface area contributed by atoms with Crippen molar-refractivity contribution in [2.45, 2.75) is 0 Å². The third-order valence-corrected chi connectivity index (χ3v) is 0. The molecular weight excluding hydrogens is 109 g/mol. The maximum atomic E-state index is 7.45. The fraction of sp³-hybridized carbons (Fsp3) is 0. The van der Waals surface area contributed by atoms with Crippen LogP contribution in [0.5, 0.6) is 0 Å². The van der Waals surface area contributed by atoms with Gasteiger partial charge in [0.2, 0.25) is 8.53 Å². The number of hydrogen-bond donors (Lipinski definition) is 3. The van der Waals surface area contributed by atoms with Gasteiger partial charge in [0.15, 0.2) is 0 Å². The van der Waals surface area contributed by atoms with Crippen molar-refractivity contribution >= 4 is 22.0 Å². The van der Waals surface area contributed by atoms with Gasteiger partial charge in [0.1, 0.15) is 0 Å². The SMILES string of the molecule is NP(O)O.S. The average Bonchev–Trinajstić information content (AvgIpc) is 0.811. The van der Waals surface area contributed by atoms with Gasteiger partial charge in [-0.2, -0.15) is 13.5 Å². The molecule has 0 aromatic heterocycles. The van der Waals surface area contributed by atoms with Gasteiger partial charge in [-0.1, -0.05) is 0 Å². The van der Waals surface area contributed by atoms with Crippen LogP contribution in [-0.4, -0.2) is 9.79 Å². The van der Waals surface area contributed by atoms with Crippen molar-refractivity contribution in [3.63, 3.8) is 0 Å². The highest BCUT2D eigenvalue weighted by Gasteiger charge is 1.72. The molecule has 0 bridgehead atoms. The Morgan fingerprint density at radius 1 is 1.40 bits per heavy atom. The van der Waals surface area contributed by atoms with E-state index < -0.39 is 8.53 Å². The molecule has 0 amide bonds. The third kappa shape index (κ3) is 75.7. The lowest BCUT2D eigenvalue weighted by atomic mass is 13.9. The summed E-state index contributed by atoms with van der Waals surface area (Å²) in [5.74, 6) is 0. The van der Waals surface area contributed by atoms with Crippen molar-refractivity contribution in [2.75, 3.05) is 0 Å². The topological polar surface area (TPSA) is 66.5 Å². The van der Waals surface area contributed by atoms with Crippen LogP contribution < -0.4 is 5.50 Å². The Bertz CT molecular complexity index is 14.4. The van der Waals surface area contributed by atoms with Crippen molar-refractivity contribution < 1.29 is 9.79 Å². The summed E-state index contributed by atoms with van der Waals surface area (Å²) in [7, 11) is -2.12. The predicted molar refractivity (Wildman–Crippen MR) is 25.9 cm³/mol. The molecule has 0 atom stereocenters. The van der Waals surface area contributed by atoms with E-state index in [1.807, 2.05) is 0 Å². The Hall–Kier alpha value is 0.660. The zero-order valence-electron chi connectivity index (χ0n) is 2.42. The molecule has 3 nitrogen and oxygen atoms in total. The Balaban J connectivity index is 0. The van der Waals surface area contributed by atoms with Crippen LogP contribution in [0.2, 0.25) is 0 Å². The Labute approximate surface area is 38.2 Å². The minimum atomic E-state index is -2.12. The van der Waals surface area contributed by atoms with Gasteiger partial charge in [0.25, 0.3) is 0 Å². The normalized spacial score (nSPS) is 7.20. The van der Waals surface area contributed by atoms with Gasteiger partial charge in [-0.05, 0) is 0 Å². The smallest absolute Gasteiger partial charge is 0.247 e. The van der Waals surface area contributed by atoms with Crippen molar-refractivity contribution in [3.8, 4) is 0 Å². The number of rotatable bonds is 0. The predicted octanol–water partition coefficient (Wildman–Crippen LogP) is -0.731. The molecule has 5 heteroatoms. The molecule has 0 radical (unpaired) electrons. The molecule has 0 saturated heterocycles. The second-order valence-corrected chi connectivity index (χ2v) is 0.961. The Kier molecular flexibility index (Phi) is 8.55. The van der Waals surface area contributed by atoms with Gasteiger partial charge in [-0.15, -0.1) is 0 Å². The molecule has 0 spiro atoms. The largest absolute Gasteiger partial charge is 0.338 e. The van der Waals surface area contributed by atoms with Crippen LogP contribution in [0.25, 0.3) is 0 Å². The zero-order chi connectivity index (χ0) is 3.58. The average molecular weight is 115 g/mol. The van der Waals surface area contributed by atoms with E-state index in [4.69, 9.17) is 9.79 Å². The Morgan fingerprint density at radius 2 is 1.40 bits per heavy atom. The van der Waals surface area contributed by atoms with Gasteiger partial charge in [-0.25, -0.2) is 0 Å². The molecule has 0 heterocycles. The molecule has 0 unspecified atom stereocenters. The molecule has 0 aliphatic carbocycles. The van der Waals surface area contributed by atoms with Gasteiger partial charge >= 0.3 is 0 Å². The maximum Gasteiger partial charge on any atom is 0.247 e. The van der Waals surface area contributed by atoms with Crippen molar-refractivity contribution in [1.29, 1.82) is 0 Å². The third-order valence-electron chi connectivity index (χ3n) is 0. The van der Waals surface area contributed by atoms with Gasteiger partial charge in [0, 0.05) is 0 Å². The van der Waals surface area contributed by atoms with Crippen molar-refractivity contribution in [1.82, 2.24) is 0 Å². The highest BCUT2D eigenvalue weighted by molar-refractivity contribution is 7.59. The van der Waals surface area contributed by atoms with Gasteiger partial charge < -0.3 is 9.79 Å². The molecular formula is H6NO2PS. The van der Waals surface area contributed by atoms with Gasteiger partial charge in [0.05, 0.1) is 0 Å². The lowest BCUT2D eigenvalue weighted by Gasteiger charge is -1.79. The maximum absolute atomic E-state index is 7.45. The number of nitrogens with two attached hydrogens (primary N) is 1. The summed E-state index contributed by atoms with van der Waals surface area (Å²) < 4.78 is 0. The fourth-order valence-electron chi connectivity index (χ4n) is 0. The van der Waals surface area contributed by atoms with E-state index in [0.29, 0.717) is 0 Å². The highest BCUT2D eigenvalue weighted by atomic mass is 32.1. The number of hydrogen-bond acceptors (Lipinski definition) is 3. The fourth-order valence-corrected chi connectivity index (χ4v) is 0. The van der Waals surface area contributed by atoms with E-state index in [1.54, 1.807) is 0 Å². The van der Waals surface area contributed by atoms with Crippen LogP contribution in [0.3, 0.4) is 0 Å². The second-order valence-electron chi connectivity index (χ2n) is 0.320. The minimum Gasteiger partial charge on any atom is -0.338 e.